The van der Waals surface area contributed by atoms with Crippen molar-refractivity contribution in [2.75, 3.05) is 119 Å². The topological polar surface area (TPSA) is 185 Å². The Balaban J connectivity index is 0.000000290. The van der Waals surface area contributed by atoms with Crippen molar-refractivity contribution >= 4 is 5.78 Å². The van der Waals surface area contributed by atoms with Gasteiger partial charge < -0.3 is 80.9 Å². The van der Waals surface area contributed by atoms with E-state index in [1.54, 1.807) is 7.11 Å². The molecule has 18 nitrogen and oxygen atoms in total. The van der Waals surface area contributed by atoms with Crippen molar-refractivity contribution in [2.45, 2.75) is 152 Å². The van der Waals surface area contributed by atoms with Crippen LogP contribution in [0.25, 0.3) is 0 Å². The van der Waals surface area contributed by atoms with Crippen LogP contribution >= 0.6 is 0 Å². The summed E-state index contributed by atoms with van der Waals surface area (Å²) in [7, 11) is 1.66. The summed E-state index contributed by atoms with van der Waals surface area (Å²) in [5.41, 5.74) is 3.59. The first-order valence-electron chi connectivity index (χ1n) is 40.7. The monoisotopic (exact) mass is 1570 g/mol. The molecule has 0 spiro atoms. The maximum atomic E-state index is 11.1. The molecule has 114 heavy (non-hydrogen) atoms. The zero-order chi connectivity index (χ0) is 81.5. The number of Topliss-reactive ketones (excluding diaryl/α,β-unsaturated/α-hetero) is 1. The van der Waals surface area contributed by atoms with E-state index in [0.717, 1.165) is 173 Å². The number of methoxy groups -OCH3 is 1. The summed E-state index contributed by atoms with van der Waals surface area (Å²) in [6.07, 6.45) is 11.5. The van der Waals surface area contributed by atoms with Crippen LogP contribution in [0.1, 0.15) is 149 Å². The molecule has 622 valence electrons. The average molecular weight is 1570 g/mol. The van der Waals surface area contributed by atoms with Crippen molar-refractivity contribution in [1.29, 1.82) is 0 Å². The molecule has 9 aromatic carbocycles. The molecule has 0 aromatic heterocycles. The van der Waals surface area contributed by atoms with Crippen LogP contribution < -0.4 is 56.8 Å². The summed E-state index contributed by atoms with van der Waals surface area (Å²) in [4.78, 5) is 11.1. The van der Waals surface area contributed by atoms with Gasteiger partial charge in [0.05, 0.1) is 106 Å². The second kappa shape index (κ2) is 67.5. The lowest BCUT2D eigenvalue weighted by Crippen LogP contribution is -2.06. The van der Waals surface area contributed by atoms with Crippen molar-refractivity contribution in [2.24, 2.45) is 0 Å². The van der Waals surface area contributed by atoms with Gasteiger partial charge in [-0.1, -0.05) is 176 Å². The Labute approximate surface area is 681 Å². The molecule has 0 saturated carbocycles. The fraction of sp³-hybridized carbons (Fsp3) is 0.427. The minimum absolute atomic E-state index is 0.159. The Kier molecular flexibility index (Phi) is 57.1. The average Bonchev–Trinajstić information content (AvgIpc) is 0.932. The summed E-state index contributed by atoms with van der Waals surface area (Å²) in [5, 5.41) is 8.61. The van der Waals surface area contributed by atoms with Gasteiger partial charge in [-0.25, -0.2) is 0 Å². The molecule has 0 aliphatic rings. The Bertz CT molecular complexity index is 3660. The van der Waals surface area contributed by atoms with E-state index in [-0.39, 0.29) is 6.61 Å². The fourth-order valence-corrected chi connectivity index (χ4v) is 9.73. The van der Waals surface area contributed by atoms with Crippen LogP contribution in [0.5, 0.6) is 69.0 Å². The van der Waals surface area contributed by atoms with Gasteiger partial charge in [0, 0.05) is 82.4 Å². The smallest absolute Gasteiger partial charge is 0.132 e. The third kappa shape index (κ3) is 50.2. The molecule has 0 aliphatic heterocycles. The van der Waals surface area contributed by atoms with Gasteiger partial charge >= 0.3 is 0 Å². The number of benzene rings is 9. The van der Waals surface area contributed by atoms with Crippen LogP contribution in [0.4, 0.5) is 0 Å². The molecular formula is C96H130O18. The van der Waals surface area contributed by atoms with Gasteiger partial charge in [0.15, 0.2) is 0 Å². The molecule has 0 heterocycles. The van der Waals surface area contributed by atoms with Gasteiger partial charge in [-0.05, 0) is 147 Å². The number of unbranched alkanes of at least 4 members (excludes halogenated alkanes) is 1. The standard InChI is InChI=1S/C20H26O3.C19H24O3.C18H22O3.C15H22O3.2C12H18O3/c1-2-13-22-19-11-8-12-20(16-19)23-15-7-6-14-21-17-18-9-4-3-5-10-18;1-2-12-21-18-10-6-11-19(15-18)22-14-7-13-20-16-17-8-4-3-5-9-17;1-2-11-20-17-9-6-10-18(14-17)21-13-12-19-15-16-7-4-3-5-8-16;1-3-10-17-14-8-5-9-15(12-14)18-11-6-7-13(16)4-2;1-3-7-14-11-5-4-6-12(10-11)15-9-8-13-2;1-2-8-14-11-5-3-6-12(10-11)15-9-4-7-13/h3-5,8-12,16H,2,6-7,13-15,17H2,1H3;3-6,8-11,15H,2,7,12-14,16H2,1H3;3-10,14H,2,11-13,15H2,1H3;5,8-9,12H,3-4,6-7,10-11H2,1-2H3;4-6,10H,3,7-9H2,1-2H3;3,5-6,10,13H,2,4,7-9H2,1H3. The molecule has 0 radical (unpaired) electrons. The van der Waals surface area contributed by atoms with Crippen LogP contribution in [0, 0.1) is 0 Å². The number of ether oxygens (including phenoxy) is 16. The molecule has 0 fully saturated rings. The Hall–Kier alpha value is -9.95. The van der Waals surface area contributed by atoms with E-state index in [2.05, 4.69) is 77.9 Å². The van der Waals surface area contributed by atoms with Crippen LogP contribution in [-0.4, -0.2) is 130 Å². The zero-order valence-electron chi connectivity index (χ0n) is 69.2. The Morgan fingerprint density at radius 3 is 0.763 bits per heavy atom. The molecule has 18 heteroatoms. The highest BCUT2D eigenvalue weighted by atomic mass is 16.5. The van der Waals surface area contributed by atoms with Gasteiger partial charge in [0.2, 0.25) is 0 Å². The summed E-state index contributed by atoms with van der Waals surface area (Å²) < 4.78 is 88.6. The fourth-order valence-electron chi connectivity index (χ4n) is 9.73. The minimum Gasteiger partial charge on any atom is -0.493 e. The number of aliphatic hydroxyl groups is 1. The number of carbonyl (C=O) groups is 1. The summed E-state index contributed by atoms with van der Waals surface area (Å²) in [5.74, 6) is 10.3. The maximum Gasteiger partial charge on any atom is 0.132 e. The molecule has 0 atom stereocenters. The summed E-state index contributed by atoms with van der Waals surface area (Å²) in [6, 6.07) is 76.7. The second-order valence-electron chi connectivity index (χ2n) is 25.8. The first-order chi connectivity index (χ1) is 56.1. The molecule has 9 aromatic rings. The molecule has 1 N–H and O–H groups in total. The number of ketones is 1. The second-order valence-corrected chi connectivity index (χ2v) is 25.8. The number of aliphatic hydroxyl groups excluding tert-OH is 1. The maximum absolute atomic E-state index is 11.1. The highest BCUT2D eigenvalue weighted by Crippen LogP contribution is 2.25. The third-order valence-corrected chi connectivity index (χ3v) is 15.5. The SMILES string of the molecule is CCCOc1cccc(OCCCC(=O)CC)c1.CCCOc1cccc(OCCCCOCc2ccccc2)c1.CCCOc1cccc(OCCCO)c1.CCCOc1cccc(OCCCOCc2ccccc2)c1.CCCOc1cccc(OCCOC)c1.CCCOc1cccc(OCCOCc2ccccc2)c1. The predicted molar refractivity (Wildman–Crippen MR) is 457 cm³/mol. The van der Waals surface area contributed by atoms with E-state index in [1.807, 2.05) is 207 Å². The largest absolute Gasteiger partial charge is 0.493 e. The van der Waals surface area contributed by atoms with Gasteiger partial charge in [0.1, 0.15) is 88.0 Å². The van der Waals surface area contributed by atoms with Gasteiger partial charge in [0.25, 0.3) is 0 Å². The molecular weight excluding hydrogens is 1440 g/mol. The number of hydrogen-bond donors (Lipinski definition) is 1. The van der Waals surface area contributed by atoms with E-state index < -0.39 is 0 Å². The molecule has 0 amide bonds. The number of hydrogen-bond acceptors (Lipinski definition) is 18. The first-order valence-corrected chi connectivity index (χ1v) is 40.7. The Morgan fingerprint density at radius 2 is 0.482 bits per heavy atom. The quantitative estimate of drug-likeness (QED) is 0.0355. The highest BCUT2D eigenvalue weighted by Gasteiger charge is 2.06. The number of rotatable bonds is 53. The van der Waals surface area contributed by atoms with Crippen LogP contribution in [0.3, 0.4) is 0 Å². The summed E-state index contributed by atoms with van der Waals surface area (Å²) in [6.45, 7) is 27.0. The van der Waals surface area contributed by atoms with Gasteiger partial charge in [-0.2, -0.15) is 0 Å². The van der Waals surface area contributed by atoms with Gasteiger partial charge in [-0.15, -0.1) is 0 Å². The zero-order valence-corrected chi connectivity index (χ0v) is 69.2. The lowest BCUT2D eigenvalue weighted by molar-refractivity contribution is -0.119. The van der Waals surface area contributed by atoms with Crippen molar-refractivity contribution in [1.82, 2.24) is 0 Å². The Morgan fingerprint density at radius 1 is 0.246 bits per heavy atom. The van der Waals surface area contributed by atoms with E-state index in [1.165, 1.54) is 16.7 Å². The van der Waals surface area contributed by atoms with E-state index in [4.69, 9.17) is 80.9 Å². The highest BCUT2D eigenvalue weighted by molar-refractivity contribution is 5.77. The van der Waals surface area contributed by atoms with Crippen molar-refractivity contribution in [3.63, 3.8) is 0 Å². The van der Waals surface area contributed by atoms with Crippen molar-refractivity contribution in [3.05, 3.63) is 253 Å². The van der Waals surface area contributed by atoms with Crippen LogP contribution in [-0.2, 0) is 43.6 Å². The van der Waals surface area contributed by atoms with Crippen LogP contribution in [0.2, 0.25) is 0 Å². The normalized spacial score (nSPS) is 10.3. The predicted octanol–water partition coefficient (Wildman–Crippen LogP) is 21.7. The molecule has 0 saturated heterocycles. The van der Waals surface area contributed by atoms with Crippen molar-refractivity contribution in [3.8, 4) is 69.0 Å². The lowest BCUT2D eigenvalue weighted by Gasteiger charge is -2.09. The third-order valence-electron chi connectivity index (χ3n) is 15.5. The number of carbonyl (C=O) groups excluding carboxylic acids is 1. The van der Waals surface area contributed by atoms with E-state index in [0.29, 0.717) is 111 Å². The summed E-state index contributed by atoms with van der Waals surface area (Å²) >= 11 is 0. The first kappa shape index (κ1) is 96.4. The van der Waals surface area contributed by atoms with Gasteiger partial charge in [-0.3, -0.25) is 4.79 Å². The van der Waals surface area contributed by atoms with Crippen LogP contribution in [0.15, 0.2) is 237 Å². The lowest BCUT2D eigenvalue weighted by atomic mass is 10.2. The minimum atomic E-state index is 0.159. The van der Waals surface area contributed by atoms with E-state index in [9.17, 15) is 4.79 Å². The molecule has 9 rings (SSSR count). The van der Waals surface area contributed by atoms with E-state index >= 15 is 0 Å². The molecule has 0 aliphatic carbocycles. The van der Waals surface area contributed by atoms with Crippen molar-refractivity contribution < 1.29 is 85.7 Å². The molecule has 0 unspecified atom stereocenters. The molecule has 0 bridgehead atoms.